The average Bonchev–Trinajstić information content (AvgIpc) is 3.88. The molecule has 0 bridgehead atoms. The Morgan fingerprint density at radius 3 is 2.04 bits per heavy atom. The van der Waals surface area contributed by atoms with E-state index in [1.54, 1.807) is 6.20 Å². The molecule has 54 heavy (non-hydrogen) atoms. The summed E-state index contributed by atoms with van der Waals surface area (Å²) in [6, 6.07) is 42.4. The minimum absolute atomic E-state index is 0.0116. The monoisotopic (exact) mass is 712 g/mol. The molecular weight excluding hydrogens is 669 g/mol. The van der Waals surface area contributed by atoms with Crippen LogP contribution in [-0.2, 0) is 6.54 Å². The highest BCUT2D eigenvalue weighted by Crippen LogP contribution is 2.33. The van der Waals surface area contributed by atoms with E-state index >= 15 is 0 Å². The van der Waals surface area contributed by atoms with Crippen molar-refractivity contribution in [2.24, 2.45) is 4.99 Å². The van der Waals surface area contributed by atoms with Crippen molar-refractivity contribution in [3.05, 3.63) is 175 Å². The zero-order valence-electron chi connectivity index (χ0n) is 30.6. The Labute approximate surface area is 316 Å². The van der Waals surface area contributed by atoms with Gasteiger partial charge in [0.25, 0.3) is 0 Å². The van der Waals surface area contributed by atoms with Gasteiger partial charge in [0.05, 0.1) is 25.3 Å². The van der Waals surface area contributed by atoms with Gasteiger partial charge in [0.2, 0.25) is 0 Å². The van der Waals surface area contributed by atoms with Gasteiger partial charge in [-0.1, -0.05) is 97.1 Å². The summed E-state index contributed by atoms with van der Waals surface area (Å²) in [6.07, 6.45) is 11.6. The lowest BCUT2D eigenvalue weighted by molar-refractivity contribution is 0.278. The number of aromatic nitrogens is 2. The predicted molar refractivity (Wildman–Crippen MR) is 220 cm³/mol. The highest BCUT2D eigenvalue weighted by atomic mass is 16.5. The van der Waals surface area contributed by atoms with Crippen LogP contribution in [0.5, 0.6) is 11.5 Å². The number of nitrogens with zero attached hydrogens (tertiary/aromatic N) is 4. The number of hydrogen-bond donors (Lipinski definition) is 2. The average molecular weight is 713 g/mol. The number of hydrogen-bond acceptors (Lipinski definition) is 7. The highest BCUT2D eigenvalue weighted by molar-refractivity contribution is 5.93. The summed E-state index contributed by atoms with van der Waals surface area (Å²) in [5.74, 6) is 3.43. The van der Waals surface area contributed by atoms with E-state index in [9.17, 15) is 0 Å². The first-order chi connectivity index (χ1) is 26.6. The molecule has 0 amide bonds. The van der Waals surface area contributed by atoms with Crippen molar-refractivity contribution >= 4 is 38.5 Å². The van der Waals surface area contributed by atoms with Crippen LogP contribution in [0.2, 0.25) is 0 Å². The Bertz CT molecular complexity index is 2480. The molecule has 0 saturated carbocycles. The van der Waals surface area contributed by atoms with E-state index in [0.29, 0.717) is 26.3 Å². The number of ether oxygens (including phenoxy) is 2. The molecule has 1 aliphatic heterocycles. The molecule has 6 aromatic carbocycles. The number of aliphatic imine (C=N–C) groups is 1. The van der Waals surface area contributed by atoms with E-state index in [1.807, 2.05) is 55.3 Å². The number of imidazole rings is 1. The number of rotatable bonds is 14. The van der Waals surface area contributed by atoms with Crippen LogP contribution in [0.1, 0.15) is 42.9 Å². The Hall–Kier alpha value is -6.54. The van der Waals surface area contributed by atoms with E-state index in [1.165, 1.54) is 32.7 Å². The van der Waals surface area contributed by atoms with E-state index < -0.39 is 0 Å². The van der Waals surface area contributed by atoms with E-state index in [-0.39, 0.29) is 12.1 Å². The number of nitrogens with one attached hydrogen (secondary N) is 2. The molecule has 8 heteroatoms. The van der Waals surface area contributed by atoms with Crippen molar-refractivity contribution in [1.82, 2.24) is 25.1 Å². The fraction of sp³-hybridized carbons (Fsp3) is 0.174. The van der Waals surface area contributed by atoms with Crippen molar-refractivity contribution in [1.29, 1.82) is 0 Å². The topological polar surface area (TPSA) is 75.9 Å². The van der Waals surface area contributed by atoms with Crippen LogP contribution >= 0.6 is 0 Å². The van der Waals surface area contributed by atoms with Gasteiger partial charge in [-0.15, -0.1) is 0 Å². The quantitative estimate of drug-likeness (QED) is 0.110. The van der Waals surface area contributed by atoms with Gasteiger partial charge in [0.15, 0.2) is 5.82 Å². The second-order valence-corrected chi connectivity index (χ2v) is 13.5. The second-order valence-electron chi connectivity index (χ2n) is 13.5. The van der Waals surface area contributed by atoms with Gasteiger partial charge in [-0.05, 0) is 70.8 Å². The predicted octanol–water partition coefficient (Wildman–Crippen LogP) is 9.51. The molecule has 0 saturated heterocycles. The fourth-order valence-electron chi connectivity index (χ4n) is 6.85. The van der Waals surface area contributed by atoms with Crippen LogP contribution in [0.4, 0.5) is 0 Å². The van der Waals surface area contributed by atoms with Crippen LogP contribution < -0.4 is 20.1 Å². The van der Waals surface area contributed by atoms with Crippen LogP contribution in [0.3, 0.4) is 0 Å². The van der Waals surface area contributed by atoms with Gasteiger partial charge in [-0.2, -0.15) is 0 Å². The van der Waals surface area contributed by atoms with Crippen LogP contribution in [0, 0.1) is 0 Å². The van der Waals surface area contributed by atoms with E-state index in [0.717, 1.165) is 33.9 Å². The molecule has 2 N–H and O–H groups in total. The van der Waals surface area contributed by atoms with Crippen molar-refractivity contribution in [2.45, 2.75) is 32.5 Å². The SMILES string of the molecule is C[C@@H](N=Cc1nccn1CCOc1ccc(OCCN2C=CN/C2=C\N[C@H](C)c2ccc3ccccc3c2)c2ccccc12)c1ccc2ccccc2c1. The van der Waals surface area contributed by atoms with Gasteiger partial charge in [-0.25, -0.2) is 4.98 Å². The molecule has 0 radical (unpaired) electrons. The summed E-state index contributed by atoms with van der Waals surface area (Å²) < 4.78 is 14.8. The summed E-state index contributed by atoms with van der Waals surface area (Å²) >= 11 is 0. The Morgan fingerprint density at radius 2 is 1.33 bits per heavy atom. The first-order valence-electron chi connectivity index (χ1n) is 18.5. The second kappa shape index (κ2) is 16.0. The smallest absolute Gasteiger partial charge is 0.150 e. The molecule has 0 unspecified atom stereocenters. The molecule has 0 aliphatic carbocycles. The highest BCUT2D eigenvalue weighted by Gasteiger charge is 2.14. The van der Waals surface area contributed by atoms with Gasteiger partial charge in [0, 0.05) is 47.8 Å². The normalized spacial score (nSPS) is 14.6. The molecule has 1 aromatic heterocycles. The van der Waals surface area contributed by atoms with Crippen LogP contribution in [0.15, 0.2) is 163 Å². The zero-order chi connectivity index (χ0) is 36.7. The minimum atomic E-state index is 0.0116. The maximum absolute atomic E-state index is 6.37. The standard InChI is InChI=1S/C46H44N6O2/c1-33(37-17-15-35-9-3-5-11-39(35)29-37)49-31-45-47-21-23-51(45)25-27-53-43-19-20-44(42-14-8-7-13-41(42)43)54-28-26-52-24-22-48-46(52)32-50-34(2)38-18-16-36-10-4-6-12-40(36)30-38/h3-24,29-34,47,49H,25-28H2,1-2H3/b45-31+,50-32?/t33-,34-/m1/s1. The third kappa shape index (κ3) is 7.78. The minimum Gasteiger partial charge on any atom is -0.491 e. The molecule has 0 spiro atoms. The molecule has 2 atom stereocenters. The summed E-state index contributed by atoms with van der Waals surface area (Å²) in [7, 11) is 0. The Morgan fingerprint density at radius 1 is 0.722 bits per heavy atom. The van der Waals surface area contributed by atoms with E-state index in [4.69, 9.17) is 14.5 Å². The summed E-state index contributed by atoms with van der Waals surface area (Å²) in [6.45, 7) is 6.61. The van der Waals surface area contributed by atoms with Gasteiger partial charge < -0.3 is 29.6 Å². The molecule has 2 heterocycles. The maximum atomic E-state index is 6.37. The molecule has 1 aliphatic rings. The lowest BCUT2D eigenvalue weighted by Crippen LogP contribution is -2.26. The Kier molecular flexibility index (Phi) is 10.2. The van der Waals surface area contributed by atoms with Crippen molar-refractivity contribution in [3.8, 4) is 11.5 Å². The first kappa shape index (κ1) is 34.5. The zero-order valence-corrected chi connectivity index (χ0v) is 30.6. The lowest BCUT2D eigenvalue weighted by Gasteiger charge is -2.20. The van der Waals surface area contributed by atoms with Crippen molar-refractivity contribution in [2.75, 3.05) is 19.8 Å². The van der Waals surface area contributed by atoms with E-state index in [2.05, 4.69) is 136 Å². The number of fused-ring (bicyclic) bond motifs is 3. The molecule has 0 fully saturated rings. The van der Waals surface area contributed by atoms with Crippen LogP contribution in [-0.4, -0.2) is 40.4 Å². The molecular formula is C46H44N6O2. The Balaban J connectivity index is 0.853. The summed E-state index contributed by atoms with van der Waals surface area (Å²) in [5, 5.41) is 13.9. The molecule has 8 nitrogen and oxygen atoms in total. The third-order valence-electron chi connectivity index (χ3n) is 9.98. The van der Waals surface area contributed by atoms with Crippen molar-refractivity contribution in [3.63, 3.8) is 0 Å². The van der Waals surface area contributed by atoms with Crippen molar-refractivity contribution < 1.29 is 9.47 Å². The van der Waals surface area contributed by atoms with Gasteiger partial charge in [-0.3, -0.25) is 4.99 Å². The molecule has 270 valence electrons. The largest absolute Gasteiger partial charge is 0.491 e. The first-order valence-corrected chi connectivity index (χ1v) is 18.5. The summed E-state index contributed by atoms with van der Waals surface area (Å²) in [5.41, 5.74) is 2.41. The molecule has 7 aromatic rings. The maximum Gasteiger partial charge on any atom is 0.150 e. The third-order valence-corrected chi connectivity index (χ3v) is 9.98. The van der Waals surface area contributed by atoms with Gasteiger partial charge in [0.1, 0.15) is 30.5 Å². The van der Waals surface area contributed by atoms with Gasteiger partial charge >= 0.3 is 0 Å². The lowest BCUT2D eigenvalue weighted by atomic mass is 10.0. The fourth-order valence-corrected chi connectivity index (χ4v) is 6.85. The number of benzene rings is 6. The summed E-state index contributed by atoms with van der Waals surface area (Å²) in [4.78, 5) is 11.5. The molecule has 8 rings (SSSR count). The van der Waals surface area contributed by atoms with Crippen LogP contribution in [0.25, 0.3) is 32.3 Å².